The van der Waals surface area contributed by atoms with E-state index >= 15 is 0 Å². The Morgan fingerprint density at radius 1 is 1.17 bits per heavy atom. The van der Waals surface area contributed by atoms with Crippen molar-refractivity contribution in [3.8, 4) is 5.75 Å². The van der Waals surface area contributed by atoms with Crippen LogP contribution in [0, 0.1) is 0 Å². The molecule has 2 aromatic carbocycles. The molecular weight excluding hydrogens is 288 g/mol. The maximum Gasteiger partial charge on any atom is 0.261 e. The molecule has 0 radical (unpaired) electrons. The van der Waals surface area contributed by atoms with Crippen molar-refractivity contribution in [1.29, 1.82) is 0 Å². The highest BCUT2D eigenvalue weighted by atomic mass is 16.5. The number of nitrogens with zero attached hydrogens (tertiary/aromatic N) is 1. The molecule has 120 valence electrons. The van der Waals surface area contributed by atoms with E-state index in [9.17, 15) is 4.79 Å². The van der Waals surface area contributed by atoms with Gasteiger partial charge in [-0.15, -0.1) is 0 Å². The van der Waals surface area contributed by atoms with Gasteiger partial charge in [0.25, 0.3) is 5.91 Å². The van der Waals surface area contributed by atoms with Crippen molar-refractivity contribution in [2.75, 3.05) is 25.0 Å². The summed E-state index contributed by atoms with van der Waals surface area (Å²) in [6.07, 6.45) is 1.17. The van der Waals surface area contributed by atoms with E-state index in [4.69, 9.17) is 4.74 Å². The van der Waals surface area contributed by atoms with Gasteiger partial charge in [-0.3, -0.25) is 4.79 Å². The summed E-state index contributed by atoms with van der Waals surface area (Å²) in [6, 6.07) is 18.1. The minimum Gasteiger partial charge on any atom is -0.480 e. The number of benzene rings is 2. The zero-order valence-electron chi connectivity index (χ0n) is 13.4. The van der Waals surface area contributed by atoms with E-state index in [2.05, 4.69) is 29.4 Å². The van der Waals surface area contributed by atoms with E-state index in [0.29, 0.717) is 13.0 Å². The molecule has 0 saturated heterocycles. The molecule has 1 atom stereocenters. The predicted molar refractivity (Wildman–Crippen MR) is 91.9 cm³/mol. The Bertz CT molecular complexity index is 632. The quantitative estimate of drug-likeness (QED) is 0.834. The smallest absolute Gasteiger partial charge is 0.261 e. The van der Waals surface area contributed by atoms with Crippen LogP contribution in [0.3, 0.4) is 0 Å². The summed E-state index contributed by atoms with van der Waals surface area (Å²) >= 11 is 0. The Labute approximate surface area is 137 Å². The van der Waals surface area contributed by atoms with Gasteiger partial charge in [-0.2, -0.15) is 0 Å². The van der Waals surface area contributed by atoms with Gasteiger partial charge in [-0.25, -0.2) is 0 Å². The highest BCUT2D eigenvalue weighted by Crippen LogP contribution is 2.28. The number of amides is 1. The summed E-state index contributed by atoms with van der Waals surface area (Å²) < 4.78 is 5.69. The zero-order chi connectivity index (χ0) is 16.1. The van der Waals surface area contributed by atoms with Crippen LogP contribution in [0.5, 0.6) is 5.75 Å². The Morgan fingerprint density at radius 2 is 1.91 bits per heavy atom. The second-order valence-corrected chi connectivity index (χ2v) is 5.82. The molecule has 0 saturated carbocycles. The van der Waals surface area contributed by atoms with Crippen molar-refractivity contribution in [3.63, 3.8) is 0 Å². The summed E-state index contributed by atoms with van der Waals surface area (Å²) in [6.45, 7) is 1.56. The Balaban J connectivity index is 1.39. The van der Waals surface area contributed by atoms with Crippen LogP contribution >= 0.6 is 0 Å². The maximum atomic E-state index is 12.2. The average molecular weight is 310 g/mol. The van der Waals surface area contributed by atoms with Crippen LogP contribution in [0.2, 0.25) is 0 Å². The number of anilines is 1. The normalized spacial score (nSPS) is 15.6. The number of para-hydroxylation sites is 2. The number of carbonyl (C=O) groups is 1. The minimum absolute atomic E-state index is 0.0245. The van der Waals surface area contributed by atoms with E-state index in [1.807, 2.05) is 42.5 Å². The first-order valence-corrected chi connectivity index (χ1v) is 8.02. The Hall–Kier alpha value is -2.49. The second kappa shape index (κ2) is 7.18. The Morgan fingerprint density at radius 3 is 2.70 bits per heavy atom. The van der Waals surface area contributed by atoms with Crippen molar-refractivity contribution in [2.45, 2.75) is 18.9 Å². The van der Waals surface area contributed by atoms with Crippen LogP contribution in [0.15, 0.2) is 54.6 Å². The number of fused-ring (bicyclic) bond motifs is 1. The van der Waals surface area contributed by atoms with E-state index in [-0.39, 0.29) is 12.0 Å². The molecule has 4 heteroatoms. The van der Waals surface area contributed by atoms with Gasteiger partial charge < -0.3 is 15.0 Å². The van der Waals surface area contributed by atoms with Gasteiger partial charge in [0.15, 0.2) is 6.10 Å². The van der Waals surface area contributed by atoms with Crippen LogP contribution in [0.25, 0.3) is 0 Å². The van der Waals surface area contributed by atoms with Gasteiger partial charge in [0.2, 0.25) is 0 Å². The lowest BCUT2D eigenvalue weighted by Gasteiger charge is -2.19. The third-order valence-electron chi connectivity index (χ3n) is 4.11. The van der Waals surface area contributed by atoms with Crippen molar-refractivity contribution < 1.29 is 9.53 Å². The highest BCUT2D eigenvalue weighted by Gasteiger charge is 2.28. The molecule has 0 fully saturated rings. The van der Waals surface area contributed by atoms with Gasteiger partial charge in [-0.1, -0.05) is 36.4 Å². The molecule has 0 spiro atoms. The molecular formula is C19H22N2O2. The fourth-order valence-corrected chi connectivity index (χ4v) is 2.78. The van der Waals surface area contributed by atoms with Crippen molar-refractivity contribution in [3.05, 3.63) is 60.2 Å². The number of hydrogen-bond donors (Lipinski definition) is 1. The molecule has 0 aromatic heterocycles. The third kappa shape index (κ3) is 3.83. The number of hydrogen-bond acceptors (Lipinski definition) is 3. The lowest BCUT2D eigenvalue weighted by atomic mass is 10.1. The molecule has 23 heavy (non-hydrogen) atoms. The topological polar surface area (TPSA) is 41.6 Å². The van der Waals surface area contributed by atoms with Crippen LogP contribution < -0.4 is 15.0 Å². The first-order chi connectivity index (χ1) is 11.2. The van der Waals surface area contributed by atoms with Crippen LogP contribution in [-0.4, -0.2) is 32.1 Å². The molecule has 0 bridgehead atoms. The molecule has 2 aromatic rings. The standard InChI is InChI=1S/C19H22N2O2/c1-21(16-9-3-2-4-10-16)13-7-12-20-19(22)18-14-15-8-5-6-11-17(15)23-18/h2-6,8-11,18H,7,12-14H2,1H3,(H,20,22). The molecule has 1 aliphatic rings. The van der Waals surface area contributed by atoms with E-state index in [1.165, 1.54) is 5.69 Å². The molecule has 1 amide bonds. The van der Waals surface area contributed by atoms with E-state index in [0.717, 1.165) is 24.3 Å². The summed E-state index contributed by atoms with van der Waals surface area (Å²) in [5.74, 6) is 0.806. The predicted octanol–water partition coefficient (Wildman–Crippen LogP) is 2.63. The van der Waals surface area contributed by atoms with Gasteiger partial charge in [0.1, 0.15) is 5.75 Å². The Kier molecular flexibility index (Phi) is 4.81. The lowest BCUT2D eigenvalue weighted by molar-refractivity contribution is -0.127. The average Bonchev–Trinajstić information content (AvgIpc) is 3.03. The molecule has 1 unspecified atom stereocenters. The number of nitrogens with one attached hydrogen (secondary N) is 1. The summed E-state index contributed by atoms with van der Waals surface area (Å²) in [7, 11) is 2.06. The van der Waals surface area contributed by atoms with Crippen LogP contribution in [0.1, 0.15) is 12.0 Å². The number of carbonyl (C=O) groups excluding carboxylic acids is 1. The fourth-order valence-electron chi connectivity index (χ4n) is 2.78. The fraction of sp³-hybridized carbons (Fsp3) is 0.316. The number of rotatable bonds is 6. The zero-order valence-corrected chi connectivity index (χ0v) is 13.4. The molecule has 0 aliphatic carbocycles. The van der Waals surface area contributed by atoms with Gasteiger partial charge in [0, 0.05) is 32.2 Å². The first kappa shape index (κ1) is 15.4. The van der Waals surface area contributed by atoms with Crippen molar-refractivity contribution in [1.82, 2.24) is 5.32 Å². The maximum absolute atomic E-state index is 12.2. The monoisotopic (exact) mass is 310 g/mol. The molecule has 4 nitrogen and oxygen atoms in total. The number of ether oxygens (including phenoxy) is 1. The molecule has 3 rings (SSSR count). The summed E-state index contributed by atoms with van der Waals surface area (Å²) in [4.78, 5) is 14.4. The lowest BCUT2D eigenvalue weighted by Crippen LogP contribution is -2.38. The van der Waals surface area contributed by atoms with Crippen LogP contribution in [-0.2, 0) is 11.2 Å². The minimum atomic E-state index is -0.390. The SMILES string of the molecule is CN(CCCNC(=O)C1Cc2ccccc2O1)c1ccccc1. The second-order valence-electron chi connectivity index (χ2n) is 5.82. The van der Waals surface area contributed by atoms with Gasteiger partial charge in [0.05, 0.1) is 0 Å². The van der Waals surface area contributed by atoms with E-state index in [1.54, 1.807) is 0 Å². The van der Waals surface area contributed by atoms with Crippen molar-refractivity contribution >= 4 is 11.6 Å². The van der Waals surface area contributed by atoms with Crippen molar-refractivity contribution in [2.24, 2.45) is 0 Å². The molecule has 1 N–H and O–H groups in total. The molecule has 1 aliphatic heterocycles. The van der Waals surface area contributed by atoms with Gasteiger partial charge in [-0.05, 0) is 30.2 Å². The first-order valence-electron chi connectivity index (χ1n) is 8.02. The summed E-state index contributed by atoms with van der Waals surface area (Å²) in [5, 5.41) is 2.98. The third-order valence-corrected chi connectivity index (χ3v) is 4.11. The largest absolute Gasteiger partial charge is 0.480 e. The van der Waals surface area contributed by atoms with E-state index < -0.39 is 0 Å². The molecule has 1 heterocycles. The highest BCUT2D eigenvalue weighted by molar-refractivity contribution is 5.82. The summed E-state index contributed by atoms with van der Waals surface area (Å²) in [5.41, 5.74) is 2.30. The van der Waals surface area contributed by atoms with Crippen LogP contribution in [0.4, 0.5) is 5.69 Å². The van der Waals surface area contributed by atoms with Gasteiger partial charge >= 0.3 is 0 Å².